The Balaban J connectivity index is 1.58. The van der Waals surface area contributed by atoms with E-state index in [2.05, 4.69) is 31.2 Å². The number of rotatable bonds is 5. The summed E-state index contributed by atoms with van der Waals surface area (Å²) in [6.45, 7) is 4.41. The lowest BCUT2D eigenvalue weighted by atomic mass is 9.69. The van der Waals surface area contributed by atoms with E-state index in [1.54, 1.807) is 19.2 Å². The fourth-order valence-electron chi connectivity index (χ4n) is 5.00. The van der Waals surface area contributed by atoms with Gasteiger partial charge < -0.3 is 14.8 Å². The zero-order valence-electron chi connectivity index (χ0n) is 20.2. The zero-order valence-corrected chi connectivity index (χ0v) is 21.7. The largest absolute Gasteiger partial charge is 0.493 e. The molecule has 2 heterocycles. The first kappa shape index (κ1) is 24.1. The van der Waals surface area contributed by atoms with Gasteiger partial charge >= 0.3 is 5.69 Å². The molecule has 3 aromatic rings. The number of ketones is 1. The molecule has 0 radical (unpaired) electrons. The number of ether oxygens (including phenoxy) is 2. The zero-order chi connectivity index (χ0) is 25.6. The third-order valence-corrected chi connectivity index (χ3v) is 7.11. The molecule has 0 saturated carbocycles. The van der Waals surface area contributed by atoms with Gasteiger partial charge in [0.05, 0.1) is 12.7 Å². The molecule has 1 atom stereocenters. The highest BCUT2D eigenvalue weighted by Gasteiger charge is 2.42. The number of methoxy groups -OCH3 is 1. The summed E-state index contributed by atoms with van der Waals surface area (Å²) in [7, 11) is 1.55. The summed E-state index contributed by atoms with van der Waals surface area (Å²) in [6.07, 6.45) is 0.983. The van der Waals surface area contributed by atoms with Gasteiger partial charge in [-0.2, -0.15) is 0 Å². The Kier molecular flexibility index (Phi) is 6.12. The molecule has 2 aromatic carbocycles. The summed E-state index contributed by atoms with van der Waals surface area (Å²) in [5.74, 6) is 0.655. The van der Waals surface area contributed by atoms with Crippen LogP contribution in [0.25, 0.3) is 0 Å². The van der Waals surface area contributed by atoms with Crippen LogP contribution in [0.15, 0.2) is 67.8 Å². The molecule has 1 aliphatic carbocycles. The van der Waals surface area contributed by atoms with Crippen molar-refractivity contribution < 1.29 is 14.3 Å². The van der Waals surface area contributed by atoms with Crippen molar-refractivity contribution in [2.45, 2.75) is 39.2 Å². The molecule has 0 bridgehead atoms. The summed E-state index contributed by atoms with van der Waals surface area (Å²) in [5, 5.41) is 3.17. The van der Waals surface area contributed by atoms with Crippen LogP contribution in [0.4, 0.5) is 5.82 Å². The van der Waals surface area contributed by atoms with Crippen LogP contribution in [0, 0.1) is 5.41 Å². The van der Waals surface area contributed by atoms with Gasteiger partial charge in [-0.25, -0.2) is 4.79 Å². The first-order chi connectivity index (χ1) is 17.1. The number of anilines is 1. The van der Waals surface area contributed by atoms with E-state index in [0.717, 1.165) is 15.7 Å². The fraction of sp³-hybridized carbons (Fsp3) is 0.296. The van der Waals surface area contributed by atoms with Crippen LogP contribution < -0.4 is 26.0 Å². The van der Waals surface area contributed by atoms with Gasteiger partial charge in [-0.15, -0.1) is 0 Å². The number of halogens is 1. The normalized spacial score (nSPS) is 18.2. The number of fused-ring (bicyclic) bond motifs is 1. The maximum absolute atomic E-state index is 13.4. The minimum atomic E-state index is -0.658. The van der Waals surface area contributed by atoms with Crippen LogP contribution in [0.5, 0.6) is 11.5 Å². The third-order valence-electron chi connectivity index (χ3n) is 6.58. The van der Waals surface area contributed by atoms with E-state index in [4.69, 9.17) is 9.47 Å². The van der Waals surface area contributed by atoms with Crippen LogP contribution in [0.1, 0.15) is 49.3 Å². The van der Waals surface area contributed by atoms with Crippen molar-refractivity contribution in [3.63, 3.8) is 0 Å². The molecule has 2 aliphatic rings. The van der Waals surface area contributed by atoms with E-state index in [9.17, 15) is 14.4 Å². The molecular formula is C27H26BrN3O5. The van der Waals surface area contributed by atoms with E-state index in [-0.39, 0.29) is 11.2 Å². The van der Waals surface area contributed by atoms with Crippen molar-refractivity contribution in [3.8, 4) is 11.5 Å². The third kappa shape index (κ3) is 4.51. The Hall–Kier alpha value is -3.59. The lowest BCUT2D eigenvalue weighted by molar-refractivity contribution is -0.118. The number of Topliss-reactive ketones (excluding diaryl/α,β-unsaturated/α-hetero) is 1. The van der Waals surface area contributed by atoms with E-state index < -0.39 is 17.2 Å². The number of benzene rings is 2. The molecule has 0 spiro atoms. The predicted octanol–water partition coefficient (Wildman–Crippen LogP) is 4.61. The van der Waals surface area contributed by atoms with Crippen LogP contribution >= 0.6 is 15.9 Å². The van der Waals surface area contributed by atoms with E-state index >= 15 is 0 Å². The average molecular weight is 552 g/mol. The topological polar surface area (TPSA) is 113 Å². The molecule has 0 amide bonds. The molecule has 1 aromatic heterocycles. The van der Waals surface area contributed by atoms with Gasteiger partial charge in [0.2, 0.25) is 0 Å². The number of aromatic nitrogens is 2. The minimum absolute atomic E-state index is 0.0236. The number of H-pyrrole nitrogens is 2. The Morgan fingerprint density at radius 2 is 1.75 bits per heavy atom. The van der Waals surface area contributed by atoms with E-state index in [0.29, 0.717) is 53.5 Å². The molecular weight excluding hydrogens is 526 g/mol. The summed E-state index contributed by atoms with van der Waals surface area (Å²) in [6, 6.07) is 13.2. The maximum Gasteiger partial charge on any atom is 0.327 e. The van der Waals surface area contributed by atoms with Gasteiger partial charge in [0, 0.05) is 28.1 Å². The molecule has 0 fully saturated rings. The molecule has 8 nitrogen and oxygen atoms in total. The highest BCUT2D eigenvalue weighted by atomic mass is 79.9. The molecule has 1 aliphatic heterocycles. The van der Waals surface area contributed by atoms with E-state index in [1.807, 2.05) is 44.2 Å². The lowest BCUT2D eigenvalue weighted by Crippen LogP contribution is -2.38. The van der Waals surface area contributed by atoms with Crippen molar-refractivity contribution in [1.29, 1.82) is 0 Å². The first-order valence-electron chi connectivity index (χ1n) is 11.6. The Labute approximate surface area is 215 Å². The molecule has 9 heteroatoms. The highest BCUT2D eigenvalue weighted by Crippen LogP contribution is 2.48. The summed E-state index contributed by atoms with van der Waals surface area (Å²) in [4.78, 5) is 43.4. The van der Waals surface area contributed by atoms with Crippen LogP contribution in [0.2, 0.25) is 0 Å². The summed E-state index contributed by atoms with van der Waals surface area (Å²) >= 11 is 3.43. The van der Waals surface area contributed by atoms with Gasteiger partial charge in [-0.1, -0.05) is 48.0 Å². The number of aromatic amines is 2. The molecule has 1 unspecified atom stereocenters. The van der Waals surface area contributed by atoms with Crippen molar-refractivity contribution >= 4 is 27.5 Å². The second-order valence-corrected chi connectivity index (χ2v) is 10.8. The van der Waals surface area contributed by atoms with Gasteiger partial charge in [0.1, 0.15) is 12.4 Å². The first-order valence-corrected chi connectivity index (χ1v) is 12.4. The van der Waals surface area contributed by atoms with Gasteiger partial charge in [-0.3, -0.25) is 19.6 Å². The van der Waals surface area contributed by atoms with Crippen molar-refractivity contribution in [1.82, 2.24) is 9.97 Å². The average Bonchev–Trinajstić information content (AvgIpc) is 2.81. The molecule has 186 valence electrons. The van der Waals surface area contributed by atoms with Gasteiger partial charge in [-0.05, 0) is 47.2 Å². The summed E-state index contributed by atoms with van der Waals surface area (Å²) in [5.41, 5.74) is 1.88. The quantitative estimate of drug-likeness (QED) is 0.426. The Morgan fingerprint density at radius 3 is 2.47 bits per heavy atom. The fourth-order valence-corrected chi connectivity index (χ4v) is 5.27. The van der Waals surface area contributed by atoms with Crippen molar-refractivity contribution in [2.24, 2.45) is 5.41 Å². The van der Waals surface area contributed by atoms with Crippen LogP contribution in [-0.4, -0.2) is 22.9 Å². The number of carbonyl (C=O) groups is 1. The molecule has 5 rings (SSSR count). The van der Waals surface area contributed by atoms with Gasteiger partial charge in [0.15, 0.2) is 17.3 Å². The second-order valence-electron chi connectivity index (χ2n) is 9.91. The smallest absolute Gasteiger partial charge is 0.327 e. The van der Waals surface area contributed by atoms with Crippen LogP contribution in [-0.2, 0) is 11.4 Å². The number of nitrogens with one attached hydrogen (secondary N) is 3. The predicted molar refractivity (Wildman–Crippen MR) is 140 cm³/mol. The van der Waals surface area contributed by atoms with E-state index in [1.165, 1.54) is 0 Å². The maximum atomic E-state index is 13.4. The SMILES string of the molecule is COc1cc(C2C3=C(CC(C)(C)CC3=O)Nc3[nH]c(=O)[nH]c(=O)c32)ccc1OCc1ccc(Br)cc1. The lowest BCUT2D eigenvalue weighted by Gasteiger charge is -2.38. The van der Waals surface area contributed by atoms with Crippen LogP contribution in [0.3, 0.4) is 0 Å². The summed E-state index contributed by atoms with van der Waals surface area (Å²) < 4.78 is 12.6. The van der Waals surface area contributed by atoms with Crippen molar-refractivity contribution in [3.05, 3.63) is 95.7 Å². The van der Waals surface area contributed by atoms with Crippen molar-refractivity contribution in [2.75, 3.05) is 12.4 Å². The van der Waals surface area contributed by atoms with Gasteiger partial charge in [0.25, 0.3) is 5.56 Å². The highest BCUT2D eigenvalue weighted by molar-refractivity contribution is 9.10. The standard InChI is InChI=1S/C27H26BrN3O5/c1-27(2)11-17-22(18(32)12-27)21(23-24(29-17)30-26(34)31-25(23)33)15-6-9-19(20(10-15)35-3)36-13-14-4-7-16(28)8-5-14/h4-10,21H,11-13H2,1-3H3,(H3,29,30,31,33,34). The number of hydrogen-bond acceptors (Lipinski definition) is 6. The minimum Gasteiger partial charge on any atom is -0.493 e. The Morgan fingerprint density at radius 1 is 1.00 bits per heavy atom. The number of allylic oxidation sites excluding steroid dienone is 2. The Bertz CT molecular complexity index is 1500. The number of carbonyl (C=O) groups excluding carboxylic acids is 1. The molecule has 3 N–H and O–H groups in total. The second kappa shape index (κ2) is 9.13. The number of hydrogen-bond donors (Lipinski definition) is 3. The monoisotopic (exact) mass is 551 g/mol. The molecule has 36 heavy (non-hydrogen) atoms. The molecule has 0 saturated heterocycles.